The third kappa shape index (κ3) is 6.93. The monoisotopic (exact) mass is 549 g/mol. The number of hydrogen-bond acceptors (Lipinski definition) is 3. The van der Waals surface area contributed by atoms with Gasteiger partial charge in [-0.15, -0.1) is 0 Å². The summed E-state index contributed by atoms with van der Waals surface area (Å²) in [4.78, 5) is 0. The van der Waals surface area contributed by atoms with Gasteiger partial charge in [0.15, 0.2) is 0 Å². The van der Waals surface area contributed by atoms with Crippen molar-refractivity contribution in [3.8, 4) is 0 Å². The van der Waals surface area contributed by atoms with E-state index >= 15 is 0 Å². The van der Waals surface area contributed by atoms with Crippen LogP contribution in [-0.2, 0) is 10.1 Å². The third-order valence-corrected chi connectivity index (χ3v) is 14.1. The Bertz CT molecular complexity index is 1180. The zero-order valence-electron chi connectivity index (χ0n) is 20.7. The highest BCUT2D eigenvalue weighted by Gasteiger charge is 2.46. The Balaban J connectivity index is 1.86. The highest BCUT2D eigenvalue weighted by atomic mass is 32.2. The van der Waals surface area contributed by atoms with Crippen LogP contribution in [0.1, 0.15) is 12.8 Å². The molecule has 0 aliphatic heterocycles. The highest BCUT2D eigenvalue weighted by Crippen LogP contribution is 2.48. The van der Waals surface area contributed by atoms with Crippen LogP contribution in [-0.4, -0.2) is 36.6 Å². The summed E-state index contributed by atoms with van der Waals surface area (Å²) < 4.78 is 36.6. The molecule has 4 aromatic carbocycles. The Morgan fingerprint density at radius 3 is 1.14 bits per heavy atom. The Hall–Kier alpha value is -2.39. The van der Waals surface area contributed by atoms with Crippen molar-refractivity contribution in [2.24, 2.45) is 5.73 Å². The average Bonchev–Trinajstić information content (AvgIpc) is 2.94. The van der Waals surface area contributed by atoms with E-state index in [9.17, 15) is 13.0 Å². The first kappa shape index (κ1) is 27.6. The van der Waals surface area contributed by atoms with Crippen LogP contribution >= 0.6 is 15.8 Å². The summed E-state index contributed by atoms with van der Waals surface area (Å²) in [5.74, 6) is 0. The molecule has 0 saturated carbocycles. The Morgan fingerprint density at radius 1 is 0.595 bits per heavy atom. The number of nitrogens with two attached hydrogens (primary N) is 1. The lowest BCUT2D eigenvalue weighted by atomic mass is 10.1. The molecule has 0 radical (unpaired) electrons. The lowest BCUT2D eigenvalue weighted by molar-refractivity contribution is 0.432. The first-order valence-corrected chi connectivity index (χ1v) is 16.9. The molecule has 7 heteroatoms. The average molecular weight is 550 g/mol. The second-order valence-electron chi connectivity index (χ2n) is 9.06. The molecule has 0 unspecified atom stereocenters. The Kier molecular flexibility index (Phi) is 9.65. The van der Waals surface area contributed by atoms with Crippen LogP contribution in [0.25, 0.3) is 0 Å². The van der Waals surface area contributed by atoms with Crippen molar-refractivity contribution in [1.82, 2.24) is 0 Å². The van der Waals surface area contributed by atoms with Crippen LogP contribution < -0.4 is 27.0 Å². The SMILES string of the molecule is NCCCC(CP(c1ccccc1)c1ccccc1)(CP(c1ccccc1)c1ccccc1)S(=O)(=O)O. The number of hydrogen-bond donors (Lipinski definition) is 2. The van der Waals surface area contributed by atoms with Gasteiger partial charge in [-0.1, -0.05) is 121 Å². The van der Waals surface area contributed by atoms with E-state index in [2.05, 4.69) is 48.5 Å². The predicted molar refractivity (Wildman–Crippen MR) is 160 cm³/mol. The molecule has 0 aliphatic carbocycles. The van der Waals surface area contributed by atoms with Gasteiger partial charge in [-0.05, 0) is 68.8 Å². The fourth-order valence-corrected chi connectivity index (χ4v) is 12.4. The Morgan fingerprint density at radius 2 is 0.892 bits per heavy atom. The quantitative estimate of drug-likeness (QED) is 0.200. The first-order chi connectivity index (χ1) is 17.9. The molecule has 37 heavy (non-hydrogen) atoms. The molecular weight excluding hydrogens is 516 g/mol. The van der Waals surface area contributed by atoms with Crippen molar-refractivity contribution in [1.29, 1.82) is 0 Å². The fourth-order valence-electron chi connectivity index (χ4n) is 4.60. The molecule has 0 saturated heterocycles. The van der Waals surface area contributed by atoms with Gasteiger partial charge >= 0.3 is 0 Å². The van der Waals surface area contributed by atoms with Gasteiger partial charge in [-0.3, -0.25) is 4.55 Å². The van der Waals surface area contributed by atoms with Crippen LogP contribution in [0.2, 0.25) is 0 Å². The maximum Gasteiger partial charge on any atom is 0.271 e. The van der Waals surface area contributed by atoms with Crippen LogP contribution in [0, 0.1) is 0 Å². The summed E-state index contributed by atoms with van der Waals surface area (Å²) in [5, 5.41) is 4.36. The molecule has 0 bridgehead atoms. The molecular formula is C30H33NO3P2S. The summed E-state index contributed by atoms with van der Waals surface area (Å²) in [6, 6.07) is 40.3. The minimum Gasteiger partial charge on any atom is -0.330 e. The summed E-state index contributed by atoms with van der Waals surface area (Å²) in [7, 11) is -6.56. The van der Waals surface area contributed by atoms with E-state index in [1.54, 1.807) is 0 Å². The molecule has 0 aromatic heterocycles. The molecule has 0 aliphatic rings. The molecule has 0 atom stereocenters. The van der Waals surface area contributed by atoms with E-state index in [4.69, 9.17) is 5.73 Å². The lowest BCUT2D eigenvalue weighted by Gasteiger charge is -2.37. The van der Waals surface area contributed by atoms with Gasteiger partial charge in [0, 0.05) is 0 Å². The molecule has 4 rings (SSSR count). The van der Waals surface area contributed by atoms with E-state index in [1.807, 2.05) is 72.8 Å². The van der Waals surface area contributed by atoms with Crippen molar-refractivity contribution in [3.63, 3.8) is 0 Å². The molecule has 192 valence electrons. The second-order valence-corrected chi connectivity index (χ2v) is 15.3. The maximum atomic E-state index is 13.5. The third-order valence-electron chi connectivity index (χ3n) is 6.55. The molecule has 0 heterocycles. The molecule has 0 spiro atoms. The fraction of sp³-hybridized carbons (Fsp3) is 0.200. The zero-order chi connectivity index (χ0) is 26.1. The molecule has 0 fully saturated rings. The van der Waals surface area contributed by atoms with Crippen LogP contribution in [0.3, 0.4) is 0 Å². The van der Waals surface area contributed by atoms with Gasteiger partial charge in [-0.2, -0.15) is 8.42 Å². The van der Waals surface area contributed by atoms with Crippen LogP contribution in [0.15, 0.2) is 121 Å². The van der Waals surface area contributed by atoms with Crippen molar-refractivity contribution in [2.45, 2.75) is 17.6 Å². The molecule has 0 amide bonds. The number of benzene rings is 4. The van der Waals surface area contributed by atoms with Gasteiger partial charge in [0.25, 0.3) is 10.1 Å². The summed E-state index contributed by atoms with van der Waals surface area (Å²) in [5.41, 5.74) is 5.92. The molecule has 4 nitrogen and oxygen atoms in total. The maximum absolute atomic E-state index is 13.5. The minimum atomic E-state index is -4.44. The summed E-state index contributed by atoms with van der Waals surface area (Å²) in [6.45, 7) is 0.362. The molecule has 4 aromatic rings. The van der Waals surface area contributed by atoms with E-state index in [-0.39, 0.29) is 0 Å². The smallest absolute Gasteiger partial charge is 0.271 e. The minimum absolute atomic E-state index is 0.305. The number of rotatable bonds is 12. The standard InChI is InChI=1S/C30H33NO3P2S/c31-23-13-22-30(37(32,33)34,24-35(26-14-5-1-6-15-26)27-16-7-2-8-17-27)25-36(28-18-9-3-10-19-28)29-20-11-4-12-21-29/h1-12,14-21H,13,22-25,31H2,(H,32,33,34). The van der Waals surface area contributed by atoms with Gasteiger partial charge in [-0.25, -0.2) is 0 Å². The predicted octanol–water partition coefficient (Wildman–Crippen LogP) is 4.62. The van der Waals surface area contributed by atoms with E-state index in [0.29, 0.717) is 31.7 Å². The van der Waals surface area contributed by atoms with Crippen molar-refractivity contribution in [3.05, 3.63) is 121 Å². The van der Waals surface area contributed by atoms with Gasteiger partial charge in [0.05, 0.1) is 0 Å². The summed E-state index contributed by atoms with van der Waals surface area (Å²) in [6.07, 6.45) is 1.47. The first-order valence-electron chi connectivity index (χ1n) is 12.4. The Labute approximate surface area is 223 Å². The topological polar surface area (TPSA) is 80.4 Å². The van der Waals surface area contributed by atoms with Gasteiger partial charge in [0.1, 0.15) is 4.75 Å². The largest absolute Gasteiger partial charge is 0.330 e. The summed E-state index contributed by atoms with van der Waals surface area (Å²) >= 11 is 0. The van der Waals surface area contributed by atoms with Crippen molar-refractivity contribution >= 4 is 47.2 Å². The highest BCUT2D eigenvalue weighted by molar-refractivity contribution is 7.89. The zero-order valence-corrected chi connectivity index (χ0v) is 23.3. The molecule has 3 N–H and O–H groups in total. The van der Waals surface area contributed by atoms with E-state index in [0.717, 1.165) is 21.2 Å². The van der Waals surface area contributed by atoms with Crippen molar-refractivity contribution < 1.29 is 13.0 Å². The van der Waals surface area contributed by atoms with Crippen molar-refractivity contribution in [2.75, 3.05) is 18.9 Å². The van der Waals surface area contributed by atoms with Gasteiger partial charge < -0.3 is 5.73 Å². The van der Waals surface area contributed by atoms with E-state index in [1.165, 1.54) is 0 Å². The lowest BCUT2D eigenvalue weighted by Crippen LogP contribution is -2.47. The second kappa shape index (κ2) is 12.9. The van der Waals surface area contributed by atoms with Crippen LogP contribution in [0.5, 0.6) is 0 Å². The normalized spacial score (nSPS) is 12.2. The van der Waals surface area contributed by atoms with E-state index < -0.39 is 30.7 Å². The van der Waals surface area contributed by atoms with Gasteiger partial charge in [0.2, 0.25) is 0 Å². The van der Waals surface area contributed by atoms with Crippen LogP contribution in [0.4, 0.5) is 0 Å².